The van der Waals surface area contributed by atoms with Gasteiger partial charge in [0.2, 0.25) is 65.0 Å². The first kappa shape index (κ1) is 71.3. The fraction of sp³-hybridized carbons (Fsp3) is 0.433. The molecule has 0 unspecified atom stereocenters. The molecule has 7 rings (SSSR count). The van der Waals surface area contributed by atoms with E-state index in [-0.39, 0.29) is 82.5 Å². The maximum Gasteiger partial charge on any atom is 0.305 e. The number of hydrogen-bond donors (Lipinski definition) is 14. The number of nitrogens with two attached hydrogens (primary N) is 2. The zero-order valence-electron chi connectivity index (χ0n) is 52.8. The van der Waals surface area contributed by atoms with E-state index in [4.69, 9.17) is 11.5 Å². The lowest BCUT2D eigenvalue weighted by molar-refractivity contribution is -0.142. The summed E-state index contributed by atoms with van der Waals surface area (Å²) in [5, 5.41) is 44.9. The number of benzene rings is 4. The summed E-state index contributed by atoms with van der Waals surface area (Å²) in [6.07, 6.45) is -0.334. The van der Waals surface area contributed by atoms with Gasteiger partial charge < -0.3 is 79.4 Å². The van der Waals surface area contributed by atoms with Crippen molar-refractivity contribution in [1.29, 1.82) is 0 Å². The molecule has 94 heavy (non-hydrogen) atoms. The summed E-state index contributed by atoms with van der Waals surface area (Å²) in [7, 11) is 0. The van der Waals surface area contributed by atoms with Crippen molar-refractivity contribution in [2.75, 3.05) is 13.1 Å². The average Bonchev–Trinajstić information content (AvgIpc) is 1.63. The van der Waals surface area contributed by atoms with Crippen LogP contribution in [-0.2, 0) is 83.2 Å². The zero-order chi connectivity index (χ0) is 68.0. The number of carbonyl (C=O) groups is 12. The number of rotatable bonds is 19. The van der Waals surface area contributed by atoms with E-state index in [9.17, 15) is 63.0 Å². The lowest BCUT2D eigenvalue weighted by Crippen LogP contribution is -2.62. The van der Waals surface area contributed by atoms with Crippen LogP contribution in [0, 0.1) is 5.92 Å². The number of carbonyl (C=O) groups excluding carboxylic acids is 11. The highest BCUT2D eigenvalue weighted by molar-refractivity contribution is 6.01. The molecule has 11 amide bonds. The van der Waals surface area contributed by atoms with E-state index in [0.29, 0.717) is 46.0 Å². The number of phenols is 1. The number of fused-ring (bicyclic) bond motifs is 2. The first-order chi connectivity index (χ1) is 45.0. The minimum Gasteiger partial charge on any atom is -0.508 e. The molecule has 16 N–H and O–H groups in total. The van der Waals surface area contributed by atoms with E-state index < -0.39 is 144 Å². The highest BCUT2D eigenvalue weighted by Crippen LogP contribution is 2.23. The van der Waals surface area contributed by atoms with E-state index in [1.807, 2.05) is 13.8 Å². The molecule has 27 nitrogen and oxygen atoms in total. The molecule has 0 radical (unpaired) electrons. The summed E-state index contributed by atoms with van der Waals surface area (Å²) in [6.45, 7) is 5.46. The van der Waals surface area contributed by atoms with E-state index in [1.165, 1.54) is 17.0 Å². The quantitative estimate of drug-likeness (QED) is 0.0534. The van der Waals surface area contributed by atoms with Crippen molar-refractivity contribution in [2.45, 2.75) is 165 Å². The van der Waals surface area contributed by atoms with Crippen molar-refractivity contribution in [3.05, 3.63) is 138 Å². The van der Waals surface area contributed by atoms with Crippen LogP contribution >= 0.6 is 0 Å². The summed E-state index contributed by atoms with van der Waals surface area (Å²) in [5.74, 6) is -12.3. The fourth-order valence-electron chi connectivity index (χ4n) is 11.5. The number of amides is 11. The predicted octanol–water partition coefficient (Wildman–Crippen LogP) is 0.447. The molecule has 2 fully saturated rings. The topological polar surface area (TPSA) is 425 Å². The molecule has 2 aliphatic heterocycles. The van der Waals surface area contributed by atoms with Crippen molar-refractivity contribution in [2.24, 2.45) is 17.4 Å². The first-order valence-electron chi connectivity index (χ1n) is 31.6. The van der Waals surface area contributed by atoms with Crippen LogP contribution in [0.15, 0.2) is 115 Å². The number of hydrogen-bond acceptors (Lipinski definition) is 14. The van der Waals surface area contributed by atoms with Gasteiger partial charge in [-0.1, -0.05) is 118 Å². The largest absolute Gasteiger partial charge is 0.508 e. The van der Waals surface area contributed by atoms with Gasteiger partial charge in [-0.15, -0.1) is 0 Å². The summed E-state index contributed by atoms with van der Waals surface area (Å²) in [6, 6.07) is 14.6. The molecule has 0 saturated carbocycles. The number of aromatic hydroxyl groups is 1. The van der Waals surface area contributed by atoms with Gasteiger partial charge in [0.1, 0.15) is 66.2 Å². The lowest BCUT2D eigenvalue weighted by Gasteiger charge is -2.31. The monoisotopic (exact) mass is 1300 g/mol. The molecular formula is C67H85N13O14. The van der Waals surface area contributed by atoms with Crippen molar-refractivity contribution >= 4 is 81.9 Å². The molecule has 3 heterocycles. The Hall–Kier alpha value is -10.2. The molecule has 0 aliphatic carbocycles. The standard InChI is InChI=1S/C67H85N13O14/c1-4-15-46-58(85)72-47(22-13-28-68)59(86)73-48(30-38(2)3)60(87)79-54(33-41-24-26-43(81)27-25-41)67(94)80-29-14-23-55(80)66(93)78-50(32-40-18-9-6-10-19-40)62(89)74-49(31-39-16-7-5-8-17-39)61(88)76-52(35-56(69)82)64(91)77-53(36-57(83)84)65(92)75-51(63(90)71-46)34-42-37-70-45-21-12-11-20-44(42)45/h5-12,16-21,24-27,37-38,46-55,70,81H,4,13-15,22-23,28-36,68H2,1-3H3,(H2,69,82)(H,71,90)(H,72,85)(H,73,86)(H,74,89)(H,75,92)(H,76,88)(H,77,91)(H,78,93)(H,79,87)(H,83,84)/t46-,47+,48-,49-,50-,51-,52-,53-,54-,55-/m0/s1. The molecule has 5 aromatic rings. The molecule has 0 bridgehead atoms. The van der Waals surface area contributed by atoms with E-state index in [1.54, 1.807) is 110 Å². The number of carboxylic acid groups (broad SMARTS) is 1. The number of H-pyrrole nitrogens is 1. The Morgan fingerprint density at radius 1 is 0.521 bits per heavy atom. The van der Waals surface area contributed by atoms with E-state index in [2.05, 4.69) is 52.8 Å². The molecule has 2 aliphatic rings. The zero-order valence-corrected chi connectivity index (χ0v) is 52.8. The van der Waals surface area contributed by atoms with Gasteiger partial charge in [0.25, 0.3) is 0 Å². The van der Waals surface area contributed by atoms with Crippen molar-refractivity contribution < 1.29 is 67.7 Å². The van der Waals surface area contributed by atoms with Gasteiger partial charge in [0, 0.05) is 49.3 Å². The van der Waals surface area contributed by atoms with Gasteiger partial charge in [-0.25, -0.2) is 0 Å². The number of aromatic amines is 1. The second kappa shape index (κ2) is 34.5. The molecule has 2 saturated heterocycles. The van der Waals surface area contributed by atoms with Crippen LogP contribution in [0.25, 0.3) is 10.9 Å². The average molecular weight is 1300 g/mol. The number of phenolic OH excluding ortho intramolecular Hbond substituents is 1. The van der Waals surface area contributed by atoms with Gasteiger partial charge in [0.15, 0.2) is 0 Å². The van der Waals surface area contributed by atoms with Crippen molar-refractivity contribution in [1.82, 2.24) is 57.7 Å². The molecule has 4 aromatic carbocycles. The number of nitrogens with one attached hydrogen (secondary N) is 10. The lowest BCUT2D eigenvalue weighted by atomic mass is 9.99. The van der Waals surface area contributed by atoms with Crippen LogP contribution < -0.4 is 59.3 Å². The minimum atomic E-state index is -2.01. The Kier molecular flexibility index (Phi) is 26.1. The number of nitrogens with zero attached hydrogens (tertiary/aromatic N) is 1. The number of primary amides is 1. The summed E-state index contributed by atoms with van der Waals surface area (Å²) >= 11 is 0. The van der Waals surface area contributed by atoms with E-state index >= 15 is 4.79 Å². The van der Waals surface area contributed by atoms with Crippen LogP contribution in [-0.4, -0.2) is 165 Å². The highest BCUT2D eigenvalue weighted by atomic mass is 16.4. The normalized spacial score (nSPS) is 23.7. The SMILES string of the molecule is CCC[C@@H]1NC(=O)[C@H](Cc2c[nH]c3ccccc23)NC(=O)[C@H](CC(=O)O)NC(=O)[C@H](CC(N)=O)NC(=O)[C@H](Cc2ccccc2)NC(=O)[C@H](Cc2ccccc2)NC(=O)[C@@H]2CCCN2C(=O)[C@H](Cc2ccc(O)cc2)NC(=O)[C@H](CC(C)C)NC(=O)[C@@H](CCCN)NC1=O. The van der Waals surface area contributed by atoms with Gasteiger partial charge in [-0.05, 0) is 91.4 Å². The highest BCUT2D eigenvalue weighted by Gasteiger charge is 2.42. The maximum absolute atomic E-state index is 15.2. The molecule has 0 spiro atoms. The van der Waals surface area contributed by atoms with Gasteiger partial charge >= 0.3 is 5.97 Å². The third-order valence-corrected chi connectivity index (χ3v) is 16.3. The molecule has 27 heteroatoms. The Morgan fingerprint density at radius 3 is 1.50 bits per heavy atom. The molecule has 502 valence electrons. The Labute approximate surface area is 543 Å². The minimum absolute atomic E-state index is 0.0141. The second-order valence-electron chi connectivity index (χ2n) is 24.2. The third kappa shape index (κ3) is 20.7. The smallest absolute Gasteiger partial charge is 0.305 e. The molecular weight excluding hydrogens is 1210 g/mol. The molecule has 10 atom stereocenters. The summed E-state index contributed by atoms with van der Waals surface area (Å²) in [5.41, 5.74) is 14.3. The maximum atomic E-state index is 15.2. The van der Waals surface area contributed by atoms with Crippen LogP contribution in [0.5, 0.6) is 5.75 Å². The van der Waals surface area contributed by atoms with Gasteiger partial charge in [0.05, 0.1) is 12.8 Å². The third-order valence-electron chi connectivity index (χ3n) is 16.3. The first-order valence-corrected chi connectivity index (χ1v) is 31.6. The summed E-state index contributed by atoms with van der Waals surface area (Å²) < 4.78 is 0. The number of aliphatic carboxylic acids is 1. The van der Waals surface area contributed by atoms with E-state index in [0.717, 1.165) is 0 Å². The van der Waals surface area contributed by atoms with Gasteiger partial charge in [-0.2, -0.15) is 0 Å². The fourth-order valence-corrected chi connectivity index (χ4v) is 11.5. The predicted molar refractivity (Wildman–Crippen MR) is 345 cm³/mol. The number of aromatic nitrogens is 1. The second-order valence-corrected chi connectivity index (χ2v) is 24.2. The van der Waals surface area contributed by atoms with Crippen LogP contribution in [0.2, 0.25) is 0 Å². The Bertz CT molecular complexity index is 3490. The van der Waals surface area contributed by atoms with Crippen molar-refractivity contribution in [3.8, 4) is 5.75 Å². The number of carboxylic acids is 1. The Morgan fingerprint density at radius 2 is 0.957 bits per heavy atom. The number of para-hydroxylation sites is 1. The van der Waals surface area contributed by atoms with Crippen LogP contribution in [0.4, 0.5) is 0 Å². The molecule has 1 aromatic heterocycles. The van der Waals surface area contributed by atoms with Gasteiger partial charge in [-0.3, -0.25) is 57.5 Å². The Balaban J connectivity index is 1.32. The van der Waals surface area contributed by atoms with Crippen LogP contribution in [0.1, 0.15) is 101 Å². The summed E-state index contributed by atoms with van der Waals surface area (Å²) in [4.78, 5) is 177. The van der Waals surface area contributed by atoms with Crippen molar-refractivity contribution in [3.63, 3.8) is 0 Å². The van der Waals surface area contributed by atoms with Crippen LogP contribution in [0.3, 0.4) is 0 Å².